The monoisotopic (exact) mass is 465 g/mol. The fraction of sp³-hybridized carbons (Fsp3) is 0.536. The molecule has 0 spiro atoms. The second kappa shape index (κ2) is 11.6. The van der Waals surface area contributed by atoms with Gasteiger partial charge in [0.25, 0.3) is 0 Å². The number of fused-ring (bicyclic) bond motifs is 1. The van der Waals surface area contributed by atoms with Crippen LogP contribution in [-0.4, -0.2) is 62.8 Å². The molecule has 0 saturated heterocycles. The molecule has 4 rings (SSSR count). The minimum Gasteiger partial charge on any atom is -0.493 e. The number of amides is 2. The molecule has 0 radical (unpaired) electrons. The fourth-order valence-corrected chi connectivity index (χ4v) is 5.47. The van der Waals surface area contributed by atoms with Crippen molar-refractivity contribution in [3.8, 4) is 11.5 Å². The highest BCUT2D eigenvalue weighted by Gasteiger charge is 2.32. The third-order valence-electron chi connectivity index (χ3n) is 7.47. The molecule has 1 aliphatic carbocycles. The van der Waals surface area contributed by atoms with Crippen molar-refractivity contribution in [3.63, 3.8) is 0 Å². The lowest BCUT2D eigenvalue weighted by molar-refractivity contribution is 0.162. The predicted octanol–water partition coefficient (Wildman–Crippen LogP) is 4.82. The first-order chi connectivity index (χ1) is 16.6. The largest absolute Gasteiger partial charge is 0.493 e. The summed E-state index contributed by atoms with van der Waals surface area (Å²) in [5.41, 5.74) is 3.58. The van der Waals surface area contributed by atoms with Crippen LogP contribution in [0.15, 0.2) is 42.5 Å². The SMILES string of the molecule is COc1cc2c(cc1OC)C(Cc1ccccc1)N(C(=O)NCCN(C)C1CCCCC1)CC2. The standard InChI is InChI=1S/C28H39N3O3/c1-30(23-12-8-5-9-13-23)17-15-29-28(32)31-16-14-22-19-26(33-2)27(34-3)20-24(22)25(31)18-21-10-6-4-7-11-21/h4,6-7,10-11,19-20,23,25H,5,8-9,12-18H2,1-3H3,(H,29,32). The van der Waals surface area contributed by atoms with E-state index in [4.69, 9.17) is 9.47 Å². The van der Waals surface area contributed by atoms with Gasteiger partial charge in [-0.05, 0) is 61.6 Å². The molecule has 1 fully saturated rings. The van der Waals surface area contributed by atoms with Crippen LogP contribution in [0, 0.1) is 0 Å². The number of hydrogen-bond acceptors (Lipinski definition) is 4. The highest BCUT2D eigenvalue weighted by atomic mass is 16.5. The number of methoxy groups -OCH3 is 2. The van der Waals surface area contributed by atoms with E-state index in [0.29, 0.717) is 24.9 Å². The lowest BCUT2D eigenvalue weighted by Crippen LogP contribution is -2.48. The number of ether oxygens (including phenoxy) is 2. The predicted molar refractivity (Wildman–Crippen MR) is 136 cm³/mol. The van der Waals surface area contributed by atoms with E-state index >= 15 is 0 Å². The van der Waals surface area contributed by atoms with Crippen LogP contribution in [0.5, 0.6) is 11.5 Å². The molecular weight excluding hydrogens is 426 g/mol. The first kappa shape index (κ1) is 24.4. The van der Waals surface area contributed by atoms with E-state index in [1.807, 2.05) is 11.0 Å². The number of carbonyl (C=O) groups is 1. The zero-order valence-electron chi connectivity index (χ0n) is 20.9. The van der Waals surface area contributed by atoms with E-state index in [1.54, 1.807) is 14.2 Å². The smallest absolute Gasteiger partial charge is 0.317 e. The third kappa shape index (κ3) is 5.66. The van der Waals surface area contributed by atoms with Gasteiger partial charge in [0.2, 0.25) is 0 Å². The summed E-state index contributed by atoms with van der Waals surface area (Å²) in [6, 6.07) is 15.1. The molecule has 2 amide bonds. The van der Waals surface area contributed by atoms with Gasteiger partial charge in [-0.1, -0.05) is 49.6 Å². The van der Waals surface area contributed by atoms with E-state index in [9.17, 15) is 4.79 Å². The van der Waals surface area contributed by atoms with Crippen LogP contribution < -0.4 is 14.8 Å². The molecule has 2 aromatic rings. The molecule has 1 heterocycles. The van der Waals surface area contributed by atoms with Gasteiger partial charge in [-0.25, -0.2) is 4.79 Å². The molecule has 2 aliphatic rings. The minimum absolute atomic E-state index is 0.0124. The average molecular weight is 466 g/mol. The Labute approximate surface area is 204 Å². The average Bonchev–Trinajstić information content (AvgIpc) is 2.89. The van der Waals surface area contributed by atoms with Gasteiger partial charge >= 0.3 is 6.03 Å². The summed E-state index contributed by atoms with van der Waals surface area (Å²) >= 11 is 0. The van der Waals surface area contributed by atoms with Crippen LogP contribution in [0.25, 0.3) is 0 Å². The summed E-state index contributed by atoms with van der Waals surface area (Å²) in [6.07, 6.45) is 8.12. The Hall–Kier alpha value is -2.73. The van der Waals surface area contributed by atoms with Crippen LogP contribution in [0.2, 0.25) is 0 Å². The third-order valence-corrected chi connectivity index (χ3v) is 7.47. The molecule has 184 valence electrons. The zero-order valence-corrected chi connectivity index (χ0v) is 20.9. The van der Waals surface area contributed by atoms with Crippen molar-refractivity contribution in [3.05, 3.63) is 59.2 Å². The number of urea groups is 1. The molecule has 1 saturated carbocycles. The normalized spacial score (nSPS) is 18.5. The van der Waals surface area contributed by atoms with E-state index in [2.05, 4.69) is 53.7 Å². The van der Waals surface area contributed by atoms with Gasteiger partial charge in [-0.2, -0.15) is 0 Å². The van der Waals surface area contributed by atoms with E-state index in [0.717, 1.165) is 30.7 Å². The Bertz CT molecular complexity index is 943. The number of carbonyl (C=O) groups excluding carboxylic acids is 1. The van der Waals surface area contributed by atoms with Gasteiger partial charge in [-0.15, -0.1) is 0 Å². The van der Waals surface area contributed by atoms with Crippen molar-refractivity contribution in [1.82, 2.24) is 15.1 Å². The molecule has 1 unspecified atom stereocenters. The lowest BCUT2D eigenvalue weighted by atomic mass is 9.88. The maximum atomic E-state index is 13.4. The number of hydrogen-bond donors (Lipinski definition) is 1. The van der Waals surface area contributed by atoms with Crippen molar-refractivity contribution in [2.45, 2.75) is 57.0 Å². The number of nitrogens with one attached hydrogen (secondary N) is 1. The van der Waals surface area contributed by atoms with Gasteiger partial charge in [-0.3, -0.25) is 0 Å². The van der Waals surface area contributed by atoms with Gasteiger partial charge in [0, 0.05) is 25.7 Å². The number of benzene rings is 2. The highest BCUT2D eigenvalue weighted by molar-refractivity contribution is 5.75. The van der Waals surface area contributed by atoms with Gasteiger partial charge in [0.15, 0.2) is 11.5 Å². The quantitative estimate of drug-likeness (QED) is 0.607. The van der Waals surface area contributed by atoms with Gasteiger partial charge in [0.05, 0.1) is 20.3 Å². The molecule has 2 aromatic carbocycles. The number of nitrogens with zero attached hydrogens (tertiary/aromatic N) is 2. The maximum absolute atomic E-state index is 13.4. The van der Waals surface area contributed by atoms with Crippen LogP contribution in [-0.2, 0) is 12.8 Å². The maximum Gasteiger partial charge on any atom is 0.317 e. The van der Waals surface area contributed by atoms with Crippen LogP contribution >= 0.6 is 0 Å². The molecule has 0 bridgehead atoms. The molecule has 6 heteroatoms. The summed E-state index contributed by atoms with van der Waals surface area (Å²) in [6.45, 7) is 2.23. The molecule has 6 nitrogen and oxygen atoms in total. The van der Waals surface area contributed by atoms with Gasteiger partial charge in [0.1, 0.15) is 0 Å². The molecular formula is C28H39N3O3. The van der Waals surface area contributed by atoms with Crippen molar-refractivity contribution in [1.29, 1.82) is 0 Å². The van der Waals surface area contributed by atoms with E-state index in [-0.39, 0.29) is 12.1 Å². The van der Waals surface area contributed by atoms with Gasteiger partial charge < -0.3 is 24.6 Å². The highest BCUT2D eigenvalue weighted by Crippen LogP contribution is 2.39. The molecule has 34 heavy (non-hydrogen) atoms. The molecule has 1 N–H and O–H groups in total. The zero-order chi connectivity index (χ0) is 23.9. The number of rotatable bonds is 8. The molecule has 1 atom stereocenters. The first-order valence-electron chi connectivity index (χ1n) is 12.6. The summed E-state index contributed by atoms with van der Waals surface area (Å²) in [5, 5.41) is 3.21. The Kier molecular flexibility index (Phi) is 8.33. The summed E-state index contributed by atoms with van der Waals surface area (Å²) in [4.78, 5) is 17.8. The second-order valence-corrected chi connectivity index (χ2v) is 9.56. The summed E-state index contributed by atoms with van der Waals surface area (Å²) < 4.78 is 11.1. The Balaban J connectivity index is 1.49. The minimum atomic E-state index is -0.0537. The Morgan fingerprint density at radius 2 is 1.76 bits per heavy atom. The second-order valence-electron chi connectivity index (χ2n) is 9.56. The Morgan fingerprint density at radius 3 is 2.47 bits per heavy atom. The van der Waals surface area contributed by atoms with Crippen molar-refractivity contribution >= 4 is 6.03 Å². The molecule has 0 aromatic heterocycles. The Morgan fingerprint density at radius 1 is 1.06 bits per heavy atom. The van der Waals surface area contributed by atoms with Crippen LogP contribution in [0.1, 0.15) is 54.8 Å². The van der Waals surface area contributed by atoms with Crippen molar-refractivity contribution in [2.24, 2.45) is 0 Å². The van der Waals surface area contributed by atoms with E-state index in [1.165, 1.54) is 43.2 Å². The fourth-order valence-electron chi connectivity index (χ4n) is 5.47. The summed E-state index contributed by atoms with van der Waals surface area (Å²) in [7, 11) is 5.52. The van der Waals surface area contributed by atoms with E-state index < -0.39 is 0 Å². The van der Waals surface area contributed by atoms with Crippen molar-refractivity contribution < 1.29 is 14.3 Å². The van der Waals surface area contributed by atoms with Crippen molar-refractivity contribution in [2.75, 3.05) is 40.9 Å². The number of likely N-dealkylation sites (N-methyl/N-ethyl adjacent to an activating group) is 1. The van der Waals surface area contributed by atoms with Crippen LogP contribution in [0.3, 0.4) is 0 Å². The summed E-state index contributed by atoms with van der Waals surface area (Å²) in [5.74, 6) is 1.44. The molecule has 1 aliphatic heterocycles. The topological polar surface area (TPSA) is 54.0 Å². The first-order valence-corrected chi connectivity index (χ1v) is 12.6. The lowest BCUT2D eigenvalue weighted by Gasteiger charge is -2.38. The van der Waals surface area contributed by atoms with Crippen LogP contribution in [0.4, 0.5) is 4.79 Å².